The zero-order chi connectivity index (χ0) is 14.6. The minimum Gasteiger partial charge on any atom is -0.383 e. The van der Waals surface area contributed by atoms with Crippen LogP contribution in [0.1, 0.15) is 5.56 Å². The fraction of sp³-hybridized carbons (Fsp3) is 0.429. The topological polar surface area (TPSA) is 40.6 Å². The SMILES string of the molecule is Cc1ccc(S(=O)(=O)/C(=C\N(C)C)CN(C)C)cc1. The molecule has 0 atom stereocenters. The molecule has 0 spiro atoms. The number of nitrogens with zero attached hydrogens (tertiary/aromatic N) is 2. The van der Waals surface area contributed by atoms with Crippen LogP contribution in [0.2, 0.25) is 0 Å². The van der Waals surface area contributed by atoms with Crippen molar-refractivity contribution in [3.63, 3.8) is 0 Å². The molecule has 0 aliphatic heterocycles. The summed E-state index contributed by atoms with van der Waals surface area (Å²) < 4.78 is 25.2. The Kier molecular flexibility index (Phi) is 5.14. The van der Waals surface area contributed by atoms with E-state index in [1.54, 1.807) is 23.2 Å². The molecule has 0 amide bonds. The van der Waals surface area contributed by atoms with Gasteiger partial charge in [-0.3, -0.25) is 0 Å². The lowest BCUT2D eigenvalue weighted by atomic mass is 10.2. The number of hydrogen-bond acceptors (Lipinski definition) is 4. The largest absolute Gasteiger partial charge is 0.383 e. The predicted octanol–water partition coefficient (Wildman–Crippen LogP) is 1.73. The zero-order valence-corrected chi connectivity index (χ0v) is 13.0. The van der Waals surface area contributed by atoms with E-state index in [0.29, 0.717) is 16.3 Å². The first-order valence-electron chi connectivity index (χ1n) is 6.07. The first-order chi connectivity index (χ1) is 8.73. The summed E-state index contributed by atoms with van der Waals surface area (Å²) in [5, 5.41) is 0. The molecule has 0 aromatic heterocycles. The maximum Gasteiger partial charge on any atom is 0.205 e. The van der Waals surface area contributed by atoms with E-state index in [1.807, 2.05) is 52.1 Å². The second-order valence-corrected chi connectivity index (χ2v) is 7.12. The average Bonchev–Trinajstić information content (AvgIpc) is 2.27. The Labute approximate surface area is 116 Å². The van der Waals surface area contributed by atoms with Crippen molar-refractivity contribution in [1.29, 1.82) is 0 Å². The van der Waals surface area contributed by atoms with Gasteiger partial charge >= 0.3 is 0 Å². The standard InChI is InChI=1S/C14H22N2O2S/c1-12-6-8-13(9-7-12)19(17,18)14(10-15(2)3)11-16(4)5/h6-10H,11H2,1-5H3/b14-10-. The maximum absolute atomic E-state index is 12.6. The van der Waals surface area contributed by atoms with Crippen LogP contribution >= 0.6 is 0 Å². The molecule has 0 saturated heterocycles. The zero-order valence-electron chi connectivity index (χ0n) is 12.2. The summed E-state index contributed by atoms with van der Waals surface area (Å²) in [7, 11) is 3.92. The van der Waals surface area contributed by atoms with Gasteiger partial charge in [0, 0.05) is 26.8 Å². The molecule has 0 heterocycles. The molecule has 5 heteroatoms. The van der Waals surface area contributed by atoms with Gasteiger partial charge in [0.25, 0.3) is 0 Å². The highest BCUT2D eigenvalue weighted by molar-refractivity contribution is 7.95. The van der Waals surface area contributed by atoms with E-state index >= 15 is 0 Å². The summed E-state index contributed by atoms with van der Waals surface area (Å²) in [6, 6.07) is 6.94. The van der Waals surface area contributed by atoms with Crippen LogP contribution in [-0.4, -0.2) is 53.0 Å². The van der Waals surface area contributed by atoms with Gasteiger partial charge in [0.15, 0.2) is 0 Å². The van der Waals surface area contributed by atoms with Crippen molar-refractivity contribution in [3.05, 3.63) is 40.9 Å². The smallest absolute Gasteiger partial charge is 0.205 e. The van der Waals surface area contributed by atoms with Gasteiger partial charge in [-0.05, 0) is 33.2 Å². The van der Waals surface area contributed by atoms with Crippen molar-refractivity contribution in [2.24, 2.45) is 0 Å². The number of sulfone groups is 1. The monoisotopic (exact) mass is 282 g/mol. The van der Waals surface area contributed by atoms with Gasteiger partial charge in [0.05, 0.1) is 9.80 Å². The Balaban J connectivity index is 3.23. The van der Waals surface area contributed by atoms with Crippen LogP contribution in [0.25, 0.3) is 0 Å². The second kappa shape index (κ2) is 6.21. The highest BCUT2D eigenvalue weighted by Crippen LogP contribution is 2.20. The quantitative estimate of drug-likeness (QED) is 0.825. The maximum atomic E-state index is 12.6. The summed E-state index contributed by atoms with van der Waals surface area (Å²) >= 11 is 0. The van der Waals surface area contributed by atoms with Gasteiger partial charge in [-0.2, -0.15) is 0 Å². The molecule has 4 nitrogen and oxygen atoms in total. The number of likely N-dealkylation sites (N-methyl/N-ethyl adjacent to an activating group) is 1. The van der Waals surface area contributed by atoms with Crippen molar-refractivity contribution in [2.75, 3.05) is 34.7 Å². The molecule has 0 aliphatic rings. The molecule has 0 unspecified atom stereocenters. The first kappa shape index (κ1) is 15.7. The molecule has 0 fully saturated rings. The summed E-state index contributed by atoms with van der Waals surface area (Å²) in [6.07, 6.45) is 1.66. The average molecular weight is 282 g/mol. The van der Waals surface area contributed by atoms with Crippen molar-refractivity contribution >= 4 is 9.84 Å². The van der Waals surface area contributed by atoms with Crippen LogP contribution in [0.4, 0.5) is 0 Å². The molecule has 0 bridgehead atoms. The van der Waals surface area contributed by atoms with Gasteiger partial charge in [-0.25, -0.2) is 8.42 Å². The van der Waals surface area contributed by atoms with Gasteiger partial charge in [0.2, 0.25) is 9.84 Å². The highest BCUT2D eigenvalue weighted by Gasteiger charge is 2.21. The molecular formula is C14H22N2O2S. The Hall–Kier alpha value is -1.33. The molecule has 19 heavy (non-hydrogen) atoms. The fourth-order valence-electron chi connectivity index (χ4n) is 1.66. The van der Waals surface area contributed by atoms with E-state index in [2.05, 4.69) is 0 Å². The summed E-state index contributed by atoms with van der Waals surface area (Å²) in [5.41, 5.74) is 1.05. The number of hydrogen-bond donors (Lipinski definition) is 0. The first-order valence-corrected chi connectivity index (χ1v) is 7.55. The van der Waals surface area contributed by atoms with Gasteiger partial charge in [-0.15, -0.1) is 0 Å². The van der Waals surface area contributed by atoms with Crippen LogP contribution in [0.3, 0.4) is 0 Å². The van der Waals surface area contributed by atoms with E-state index in [0.717, 1.165) is 5.56 Å². The van der Waals surface area contributed by atoms with Crippen LogP contribution in [0.5, 0.6) is 0 Å². The lowest BCUT2D eigenvalue weighted by Crippen LogP contribution is -2.22. The van der Waals surface area contributed by atoms with E-state index < -0.39 is 9.84 Å². The third kappa shape index (κ3) is 4.36. The van der Waals surface area contributed by atoms with E-state index in [9.17, 15) is 8.42 Å². The van der Waals surface area contributed by atoms with Gasteiger partial charge in [-0.1, -0.05) is 17.7 Å². The molecule has 1 rings (SSSR count). The molecule has 106 valence electrons. The summed E-state index contributed by atoms with van der Waals surface area (Å²) in [5.74, 6) is 0. The third-order valence-electron chi connectivity index (χ3n) is 2.55. The normalized spacial score (nSPS) is 12.8. The van der Waals surface area contributed by atoms with Crippen LogP contribution in [0.15, 0.2) is 40.3 Å². The summed E-state index contributed by atoms with van der Waals surface area (Å²) in [6.45, 7) is 2.32. The van der Waals surface area contributed by atoms with Crippen molar-refractivity contribution in [1.82, 2.24) is 9.80 Å². The number of rotatable bonds is 5. The molecule has 1 aromatic carbocycles. The van der Waals surface area contributed by atoms with Crippen molar-refractivity contribution < 1.29 is 8.42 Å². The molecule has 0 radical (unpaired) electrons. The van der Waals surface area contributed by atoms with E-state index in [1.165, 1.54) is 0 Å². The van der Waals surface area contributed by atoms with Crippen LogP contribution in [0, 0.1) is 6.92 Å². The Morgan fingerprint density at radius 1 is 1.11 bits per heavy atom. The summed E-state index contributed by atoms with van der Waals surface area (Å²) in [4.78, 5) is 4.34. The molecule has 0 aliphatic carbocycles. The van der Waals surface area contributed by atoms with Crippen molar-refractivity contribution in [2.45, 2.75) is 11.8 Å². The van der Waals surface area contributed by atoms with Crippen LogP contribution < -0.4 is 0 Å². The predicted molar refractivity (Wildman–Crippen MR) is 78.7 cm³/mol. The minimum atomic E-state index is -3.43. The van der Waals surface area contributed by atoms with Gasteiger partial charge in [0.1, 0.15) is 0 Å². The molecule has 0 N–H and O–H groups in total. The third-order valence-corrected chi connectivity index (χ3v) is 4.37. The minimum absolute atomic E-state index is 0.341. The number of aryl methyl sites for hydroxylation is 1. The number of benzene rings is 1. The lowest BCUT2D eigenvalue weighted by Gasteiger charge is -2.16. The molecular weight excluding hydrogens is 260 g/mol. The molecule has 0 saturated carbocycles. The van der Waals surface area contributed by atoms with Crippen molar-refractivity contribution in [3.8, 4) is 0 Å². The van der Waals surface area contributed by atoms with Gasteiger partial charge < -0.3 is 9.80 Å². The lowest BCUT2D eigenvalue weighted by molar-refractivity contribution is 0.444. The molecule has 1 aromatic rings. The second-order valence-electron chi connectivity index (χ2n) is 5.11. The van der Waals surface area contributed by atoms with E-state index in [-0.39, 0.29) is 0 Å². The highest BCUT2D eigenvalue weighted by atomic mass is 32.2. The Bertz CT molecular complexity index is 543. The Morgan fingerprint density at radius 3 is 2.05 bits per heavy atom. The fourth-order valence-corrected chi connectivity index (χ4v) is 3.24. The van der Waals surface area contributed by atoms with E-state index in [4.69, 9.17) is 0 Å². The Morgan fingerprint density at radius 2 is 1.63 bits per heavy atom. The van der Waals surface area contributed by atoms with Crippen LogP contribution in [-0.2, 0) is 9.84 Å².